The van der Waals surface area contributed by atoms with Gasteiger partial charge in [0.2, 0.25) is 0 Å². The molecule has 120 valence electrons. The normalized spacial score (nSPS) is 13.8. The lowest BCUT2D eigenvalue weighted by molar-refractivity contribution is 0.0274. The molecule has 1 N–H and O–H groups in total. The highest BCUT2D eigenvalue weighted by Gasteiger charge is 2.25. The largest absolute Gasteiger partial charge is 0.497 e. The van der Waals surface area contributed by atoms with Gasteiger partial charge in [-0.3, -0.25) is 0 Å². The fourth-order valence-corrected chi connectivity index (χ4v) is 2.59. The molecule has 0 amide bonds. The van der Waals surface area contributed by atoms with Gasteiger partial charge in [-0.1, -0.05) is 20.3 Å². The summed E-state index contributed by atoms with van der Waals surface area (Å²) in [6, 6.07) is 6.00. The summed E-state index contributed by atoms with van der Waals surface area (Å²) >= 11 is 0. The monoisotopic (exact) mass is 295 g/mol. The van der Waals surface area contributed by atoms with Crippen LogP contribution in [-0.4, -0.2) is 33.5 Å². The van der Waals surface area contributed by atoms with Crippen LogP contribution in [0.5, 0.6) is 11.5 Å². The molecule has 0 aliphatic rings. The number of methoxy groups -OCH3 is 2. The summed E-state index contributed by atoms with van der Waals surface area (Å²) in [5.74, 6) is 1.70. The number of likely N-dealkylation sites (N-methyl/N-ethyl adjacent to an activating group) is 1. The van der Waals surface area contributed by atoms with E-state index in [0.717, 1.165) is 36.4 Å². The average molecular weight is 295 g/mol. The zero-order valence-electron chi connectivity index (χ0n) is 13.9. The third-order valence-electron chi connectivity index (χ3n) is 3.52. The lowest BCUT2D eigenvalue weighted by atomic mass is 9.96. The van der Waals surface area contributed by atoms with Gasteiger partial charge in [0, 0.05) is 12.2 Å². The average Bonchev–Trinajstić information content (AvgIpc) is 2.52. The van der Waals surface area contributed by atoms with Crippen LogP contribution in [-0.2, 0) is 4.74 Å². The van der Waals surface area contributed by atoms with Gasteiger partial charge in [-0.15, -0.1) is 0 Å². The van der Waals surface area contributed by atoms with Crippen LogP contribution in [0.25, 0.3) is 0 Å². The molecule has 2 atom stereocenters. The molecule has 0 radical (unpaired) electrons. The number of rotatable bonds is 10. The number of hydrogen-bond acceptors (Lipinski definition) is 4. The van der Waals surface area contributed by atoms with Crippen molar-refractivity contribution < 1.29 is 14.2 Å². The van der Waals surface area contributed by atoms with E-state index in [2.05, 4.69) is 19.2 Å². The third-order valence-corrected chi connectivity index (χ3v) is 3.52. The Bertz CT molecular complexity index is 403. The first-order chi connectivity index (χ1) is 10.2. The van der Waals surface area contributed by atoms with Crippen LogP contribution in [0.1, 0.15) is 45.2 Å². The molecule has 0 aromatic heterocycles. The van der Waals surface area contributed by atoms with Crippen LogP contribution in [0.3, 0.4) is 0 Å². The molecule has 0 aliphatic carbocycles. The van der Waals surface area contributed by atoms with Crippen LogP contribution >= 0.6 is 0 Å². The van der Waals surface area contributed by atoms with Crippen LogP contribution in [0.4, 0.5) is 0 Å². The first kappa shape index (κ1) is 17.8. The molecule has 1 rings (SSSR count). The van der Waals surface area contributed by atoms with E-state index in [9.17, 15) is 0 Å². The van der Waals surface area contributed by atoms with E-state index < -0.39 is 0 Å². The van der Waals surface area contributed by atoms with Crippen molar-refractivity contribution in [1.29, 1.82) is 0 Å². The number of hydrogen-bond donors (Lipinski definition) is 1. The molecule has 2 unspecified atom stereocenters. The summed E-state index contributed by atoms with van der Waals surface area (Å²) in [6.07, 6.45) is 2.21. The van der Waals surface area contributed by atoms with Crippen LogP contribution in [0.2, 0.25) is 0 Å². The van der Waals surface area contributed by atoms with Gasteiger partial charge in [-0.2, -0.15) is 0 Å². The maximum Gasteiger partial charge on any atom is 0.124 e. The zero-order valence-corrected chi connectivity index (χ0v) is 13.9. The fraction of sp³-hybridized carbons (Fsp3) is 0.647. The molecule has 1 aromatic carbocycles. The predicted octanol–water partition coefficient (Wildman–Crippen LogP) is 3.56. The van der Waals surface area contributed by atoms with Crippen LogP contribution < -0.4 is 14.8 Å². The molecule has 4 nitrogen and oxygen atoms in total. The van der Waals surface area contributed by atoms with Gasteiger partial charge in [0.1, 0.15) is 11.5 Å². The second-order valence-corrected chi connectivity index (χ2v) is 4.93. The van der Waals surface area contributed by atoms with Gasteiger partial charge in [0.05, 0.1) is 26.4 Å². The Morgan fingerprint density at radius 1 is 1.10 bits per heavy atom. The molecule has 0 spiro atoms. The summed E-state index contributed by atoms with van der Waals surface area (Å²) in [5.41, 5.74) is 1.09. The van der Waals surface area contributed by atoms with Gasteiger partial charge in [0.15, 0.2) is 0 Å². The third kappa shape index (κ3) is 4.90. The molecule has 0 saturated heterocycles. The van der Waals surface area contributed by atoms with Crippen molar-refractivity contribution >= 4 is 0 Å². The van der Waals surface area contributed by atoms with E-state index in [-0.39, 0.29) is 12.1 Å². The molecule has 0 bridgehead atoms. The van der Waals surface area contributed by atoms with Crippen molar-refractivity contribution in [1.82, 2.24) is 5.32 Å². The maximum atomic E-state index is 5.97. The summed E-state index contributed by atoms with van der Waals surface area (Å²) in [4.78, 5) is 0. The van der Waals surface area contributed by atoms with Gasteiger partial charge in [0.25, 0.3) is 0 Å². The van der Waals surface area contributed by atoms with E-state index in [4.69, 9.17) is 14.2 Å². The Morgan fingerprint density at radius 2 is 1.86 bits per heavy atom. The van der Waals surface area contributed by atoms with E-state index in [1.54, 1.807) is 14.2 Å². The summed E-state index contributed by atoms with van der Waals surface area (Å²) in [6.45, 7) is 7.90. The Kier molecular flexibility index (Phi) is 8.16. The molecular formula is C17H29NO3. The first-order valence-corrected chi connectivity index (χ1v) is 7.78. The van der Waals surface area contributed by atoms with Crippen molar-refractivity contribution in [2.24, 2.45) is 0 Å². The molecule has 21 heavy (non-hydrogen) atoms. The molecule has 0 aliphatic heterocycles. The molecule has 4 heteroatoms. The number of benzene rings is 1. The smallest absolute Gasteiger partial charge is 0.124 e. The molecule has 0 heterocycles. The molecule has 1 aromatic rings. The van der Waals surface area contributed by atoms with E-state index in [1.807, 2.05) is 25.1 Å². The van der Waals surface area contributed by atoms with Crippen LogP contribution in [0.15, 0.2) is 18.2 Å². The molecule has 0 saturated carbocycles. The lowest BCUT2D eigenvalue weighted by Gasteiger charge is -2.29. The molecular weight excluding hydrogens is 266 g/mol. The Morgan fingerprint density at radius 3 is 2.38 bits per heavy atom. The Hall–Kier alpha value is -1.26. The highest BCUT2D eigenvalue weighted by Crippen LogP contribution is 2.33. The number of nitrogens with one attached hydrogen (secondary N) is 1. The van der Waals surface area contributed by atoms with Crippen molar-refractivity contribution in [3.63, 3.8) is 0 Å². The minimum atomic E-state index is 0.0972. The van der Waals surface area contributed by atoms with Gasteiger partial charge in [-0.05, 0) is 38.1 Å². The second kappa shape index (κ2) is 9.64. The first-order valence-electron chi connectivity index (χ1n) is 7.78. The van der Waals surface area contributed by atoms with Crippen molar-refractivity contribution in [3.8, 4) is 11.5 Å². The SMILES string of the molecule is CCCC(OCC)C(NCC)c1cc(OC)ccc1OC. The number of ether oxygens (including phenoxy) is 3. The van der Waals surface area contributed by atoms with E-state index in [0.29, 0.717) is 6.61 Å². The Labute approximate surface area is 128 Å². The minimum absolute atomic E-state index is 0.0972. The van der Waals surface area contributed by atoms with E-state index >= 15 is 0 Å². The van der Waals surface area contributed by atoms with Gasteiger partial charge >= 0.3 is 0 Å². The lowest BCUT2D eigenvalue weighted by Crippen LogP contribution is -2.34. The van der Waals surface area contributed by atoms with E-state index in [1.165, 1.54) is 0 Å². The van der Waals surface area contributed by atoms with Crippen molar-refractivity contribution in [2.45, 2.75) is 45.8 Å². The van der Waals surface area contributed by atoms with Crippen molar-refractivity contribution in [2.75, 3.05) is 27.4 Å². The molecule has 0 fully saturated rings. The van der Waals surface area contributed by atoms with Crippen molar-refractivity contribution in [3.05, 3.63) is 23.8 Å². The zero-order chi connectivity index (χ0) is 15.7. The summed E-state index contributed by atoms with van der Waals surface area (Å²) in [7, 11) is 3.38. The van der Waals surface area contributed by atoms with Crippen LogP contribution in [0, 0.1) is 0 Å². The predicted molar refractivity (Wildman–Crippen MR) is 86.3 cm³/mol. The second-order valence-electron chi connectivity index (χ2n) is 4.93. The minimum Gasteiger partial charge on any atom is -0.497 e. The Balaban J connectivity index is 3.17. The quantitative estimate of drug-likeness (QED) is 0.716. The maximum absolute atomic E-state index is 5.97. The summed E-state index contributed by atoms with van der Waals surface area (Å²) < 4.78 is 16.9. The standard InChI is InChI=1S/C17H29NO3/c1-6-9-16(21-8-3)17(18-7-2)14-12-13(19-4)10-11-15(14)20-5/h10-12,16-18H,6-9H2,1-5H3. The topological polar surface area (TPSA) is 39.7 Å². The highest BCUT2D eigenvalue weighted by molar-refractivity contribution is 5.42. The van der Waals surface area contributed by atoms with Gasteiger partial charge in [-0.25, -0.2) is 0 Å². The van der Waals surface area contributed by atoms with Gasteiger partial charge < -0.3 is 19.5 Å². The summed E-state index contributed by atoms with van der Waals surface area (Å²) in [5, 5.41) is 3.53. The highest BCUT2D eigenvalue weighted by atomic mass is 16.5. The fourth-order valence-electron chi connectivity index (χ4n) is 2.59.